The number of aliphatic hydroxyl groups is 7. The predicted molar refractivity (Wildman–Crippen MR) is 261 cm³/mol. The predicted octanol–water partition coefficient (Wildman–Crippen LogP) is 7.04. The van der Waals surface area contributed by atoms with Crippen LogP contribution in [0.4, 0.5) is 0 Å². The molecule has 390 valence electrons. The quantitative estimate of drug-likeness (QED) is 0.0108. The molecule has 0 radical (unpaired) electrons. The number of esters is 2. The van der Waals surface area contributed by atoms with E-state index in [1.807, 2.05) is 18.2 Å². The van der Waals surface area contributed by atoms with Gasteiger partial charge in [-0.1, -0.05) is 158 Å². The summed E-state index contributed by atoms with van der Waals surface area (Å²) in [5, 5.41) is 72.0. The monoisotopic (exact) mass is 965 g/mol. The fourth-order valence-corrected chi connectivity index (χ4v) is 7.53. The maximum absolute atomic E-state index is 12.9. The van der Waals surface area contributed by atoms with Gasteiger partial charge in [-0.3, -0.25) is 4.79 Å². The summed E-state index contributed by atoms with van der Waals surface area (Å²) >= 11 is 0. The van der Waals surface area contributed by atoms with Crippen LogP contribution in [-0.4, -0.2) is 142 Å². The lowest BCUT2D eigenvalue weighted by atomic mass is 9.98. The highest BCUT2D eigenvalue weighted by Gasteiger charge is 2.47. The average molecular weight is 965 g/mol. The molecule has 2 aliphatic heterocycles. The summed E-state index contributed by atoms with van der Waals surface area (Å²) in [5.41, 5.74) is 0. The molecule has 68 heavy (non-hydrogen) atoms. The van der Waals surface area contributed by atoms with E-state index in [1.165, 1.54) is 83.1 Å². The lowest BCUT2D eigenvalue weighted by molar-refractivity contribution is -0.332. The van der Waals surface area contributed by atoms with Gasteiger partial charge in [0.05, 0.1) is 19.8 Å². The van der Waals surface area contributed by atoms with Crippen LogP contribution < -0.4 is 0 Å². The maximum atomic E-state index is 12.9. The van der Waals surface area contributed by atoms with E-state index in [2.05, 4.69) is 50.3 Å². The first-order valence-electron chi connectivity index (χ1n) is 25.6. The number of unbranched alkanes of at least 4 members (excludes halogenated alkanes) is 15. The Hall–Kier alpha value is -3.06. The van der Waals surface area contributed by atoms with E-state index in [0.29, 0.717) is 12.8 Å². The third-order valence-electron chi connectivity index (χ3n) is 11.8. The molecule has 0 aromatic heterocycles. The SMILES string of the molecule is CCCCC/C=C/C/C=C/C/C=C/C/C=C/CCCC(=O)OC[C@@H](CO[C@@H]1O[C@H](CO[C@@H]2O[C@H](CO)[C@H](O)C(O)C2O)[C@H](O)C(O)C1O)OC(=O)/C=C/C=C/CCCCCCCCCCCCC. The Labute approximate surface area is 406 Å². The van der Waals surface area contributed by atoms with Crippen molar-refractivity contribution in [2.75, 3.05) is 26.4 Å². The zero-order valence-corrected chi connectivity index (χ0v) is 41.1. The van der Waals surface area contributed by atoms with E-state index < -0.39 is 99.3 Å². The number of hydrogen-bond donors (Lipinski definition) is 7. The first-order chi connectivity index (χ1) is 33.0. The molecule has 15 heteroatoms. The third kappa shape index (κ3) is 27.4. The molecule has 0 aromatic rings. The van der Waals surface area contributed by atoms with Crippen LogP contribution in [0.2, 0.25) is 0 Å². The summed E-state index contributed by atoms with van der Waals surface area (Å²) in [4.78, 5) is 25.6. The van der Waals surface area contributed by atoms with E-state index in [-0.39, 0.29) is 13.0 Å². The molecule has 2 aliphatic rings. The molecule has 0 saturated carbocycles. The molecular weight excluding hydrogens is 877 g/mol. The standard InChI is InChI=1S/C53H88O15/c1-3-5-7-9-11-13-15-17-19-20-22-23-25-27-29-31-33-35-44(55)63-38-41(66-45(56)36-34-32-30-28-26-24-21-18-16-14-12-10-8-6-4-2)39-64-52-51(62)49(60)47(58)43(68-52)40-65-53-50(61)48(59)46(57)42(37-54)67-53/h11,13,17,19,22-23,27,29-30,32,34,36,41-43,46-54,57-62H,3-10,12,14-16,18,20-21,24-26,28,31,33,35,37-40H2,1-2H3/b13-11+,19-17+,23-22+,29-27+,32-30+,36-34+/t41-,42+,43+,46-,47-,48?,49?,50?,51?,52+,53+/m0/s1. The van der Waals surface area contributed by atoms with Gasteiger partial charge in [0, 0.05) is 12.5 Å². The minimum Gasteiger partial charge on any atom is -0.462 e. The van der Waals surface area contributed by atoms with Crippen LogP contribution in [0.5, 0.6) is 0 Å². The number of hydrogen-bond acceptors (Lipinski definition) is 15. The van der Waals surface area contributed by atoms with Gasteiger partial charge in [0.15, 0.2) is 18.7 Å². The van der Waals surface area contributed by atoms with Gasteiger partial charge >= 0.3 is 11.9 Å². The molecule has 7 N–H and O–H groups in total. The second-order valence-electron chi connectivity index (χ2n) is 17.7. The number of carbonyl (C=O) groups excluding carboxylic acids is 2. The molecule has 4 unspecified atom stereocenters. The van der Waals surface area contributed by atoms with Crippen LogP contribution in [0, 0.1) is 0 Å². The van der Waals surface area contributed by atoms with Crippen LogP contribution in [0.15, 0.2) is 72.9 Å². The molecule has 2 saturated heterocycles. The second-order valence-corrected chi connectivity index (χ2v) is 17.7. The molecule has 11 atom stereocenters. The van der Waals surface area contributed by atoms with Crippen LogP contribution in [0.3, 0.4) is 0 Å². The van der Waals surface area contributed by atoms with Gasteiger partial charge in [-0.25, -0.2) is 4.79 Å². The topological polar surface area (TPSA) is 231 Å². The fourth-order valence-electron chi connectivity index (χ4n) is 7.53. The maximum Gasteiger partial charge on any atom is 0.331 e. The molecule has 2 fully saturated rings. The van der Waals surface area contributed by atoms with Crippen molar-refractivity contribution in [1.82, 2.24) is 0 Å². The summed E-state index contributed by atoms with van der Waals surface area (Å²) in [6.07, 6.45) is 30.0. The van der Waals surface area contributed by atoms with E-state index in [9.17, 15) is 45.3 Å². The molecule has 0 aliphatic carbocycles. The first kappa shape index (κ1) is 61.1. The van der Waals surface area contributed by atoms with Crippen LogP contribution in [0.25, 0.3) is 0 Å². The van der Waals surface area contributed by atoms with Gasteiger partial charge in [-0.05, 0) is 57.8 Å². The zero-order chi connectivity index (χ0) is 49.6. The highest BCUT2D eigenvalue weighted by atomic mass is 16.7. The van der Waals surface area contributed by atoms with Crippen LogP contribution in [-0.2, 0) is 38.0 Å². The Bertz CT molecular complexity index is 1460. The second kappa shape index (κ2) is 39.6. The van der Waals surface area contributed by atoms with Crippen LogP contribution in [0.1, 0.15) is 155 Å². The van der Waals surface area contributed by atoms with Gasteiger partial charge in [0.25, 0.3) is 0 Å². The highest BCUT2D eigenvalue weighted by molar-refractivity contribution is 5.82. The van der Waals surface area contributed by atoms with Gasteiger partial charge in [0.2, 0.25) is 0 Å². The van der Waals surface area contributed by atoms with Crippen molar-refractivity contribution in [2.45, 2.75) is 223 Å². The summed E-state index contributed by atoms with van der Waals surface area (Å²) in [6.45, 7) is 2.37. The summed E-state index contributed by atoms with van der Waals surface area (Å²) < 4.78 is 33.3. The number of aliphatic hydroxyl groups excluding tert-OH is 7. The zero-order valence-electron chi connectivity index (χ0n) is 41.1. The highest BCUT2D eigenvalue weighted by Crippen LogP contribution is 2.26. The third-order valence-corrected chi connectivity index (χ3v) is 11.8. The number of allylic oxidation sites excluding steroid dienone is 11. The Morgan fingerprint density at radius 1 is 0.515 bits per heavy atom. The minimum absolute atomic E-state index is 0.119. The van der Waals surface area contributed by atoms with E-state index in [0.717, 1.165) is 44.9 Å². The molecule has 2 heterocycles. The molecule has 0 bridgehead atoms. The van der Waals surface area contributed by atoms with E-state index in [4.69, 9.17) is 28.4 Å². The van der Waals surface area contributed by atoms with Gasteiger partial charge in [-0.15, -0.1) is 0 Å². The first-order valence-corrected chi connectivity index (χ1v) is 25.6. The Morgan fingerprint density at radius 3 is 1.57 bits per heavy atom. The summed E-state index contributed by atoms with van der Waals surface area (Å²) in [5.74, 6) is -1.25. The largest absolute Gasteiger partial charge is 0.462 e. The smallest absolute Gasteiger partial charge is 0.331 e. The average Bonchev–Trinajstić information content (AvgIpc) is 3.33. The summed E-state index contributed by atoms with van der Waals surface area (Å²) in [6, 6.07) is 0. The number of ether oxygens (including phenoxy) is 6. The Balaban J connectivity index is 1.88. The summed E-state index contributed by atoms with van der Waals surface area (Å²) in [7, 11) is 0. The van der Waals surface area contributed by atoms with E-state index in [1.54, 1.807) is 12.2 Å². The van der Waals surface area contributed by atoms with Gasteiger partial charge in [0.1, 0.15) is 55.4 Å². The van der Waals surface area contributed by atoms with Crippen molar-refractivity contribution in [1.29, 1.82) is 0 Å². The van der Waals surface area contributed by atoms with Crippen molar-refractivity contribution in [2.24, 2.45) is 0 Å². The molecule has 0 aromatic carbocycles. The number of carbonyl (C=O) groups is 2. The van der Waals surface area contributed by atoms with E-state index >= 15 is 0 Å². The lowest BCUT2D eigenvalue weighted by Crippen LogP contribution is -2.61. The molecule has 0 spiro atoms. The van der Waals surface area contributed by atoms with Crippen molar-refractivity contribution < 1.29 is 73.8 Å². The Kier molecular flexibility index (Phi) is 35.6. The molecular formula is C53H88O15. The van der Waals surface area contributed by atoms with Crippen molar-refractivity contribution in [3.63, 3.8) is 0 Å². The molecule has 2 rings (SSSR count). The van der Waals surface area contributed by atoms with Crippen molar-refractivity contribution in [3.05, 3.63) is 72.9 Å². The lowest BCUT2D eigenvalue weighted by Gasteiger charge is -2.42. The van der Waals surface area contributed by atoms with Crippen LogP contribution >= 0.6 is 0 Å². The normalized spacial score (nSPS) is 26.4. The van der Waals surface area contributed by atoms with Crippen molar-refractivity contribution in [3.8, 4) is 0 Å². The Morgan fingerprint density at radius 2 is 0.985 bits per heavy atom. The number of rotatable bonds is 38. The van der Waals surface area contributed by atoms with Gasteiger partial charge in [-0.2, -0.15) is 0 Å². The minimum atomic E-state index is -1.79. The van der Waals surface area contributed by atoms with Crippen molar-refractivity contribution >= 4 is 11.9 Å². The molecule has 0 amide bonds. The van der Waals surface area contributed by atoms with Gasteiger partial charge < -0.3 is 64.2 Å². The fraction of sp³-hybridized carbons (Fsp3) is 0.736. The molecule has 15 nitrogen and oxygen atoms in total.